The monoisotopic (exact) mass is 816 g/mol. The van der Waals surface area contributed by atoms with Crippen molar-refractivity contribution in [3.05, 3.63) is 265 Å². The normalized spacial score (nSPS) is 11.6. The number of fused-ring (bicyclic) bond motifs is 4. The minimum atomic E-state index is 1.08. The van der Waals surface area contributed by atoms with Crippen molar-refractivity contribution in [3.63, 3.8) is 0 Å². The Labute approximate surface area is 374 Å². The molecule has 0 aromatic heterocycles. The van der Waals surface area contributed by atoms with Crippen molar-refractivity contribution in [2.45, 2.75) is 0 Å². The summed E-state index contributed by atoms with van der Waals surface area (Å²) in [5, 5.41) is 9.42. The van der Waals surface area contributed by atoms with E-state index in [9.17, 15) is 0 Å². The highest BCUT2D eigenvalue weighted by Crippen LogP contribution is 2.52. The van der Waals surface area contributed by atoms with E-state index in [0.29, 0.717) is 0 Å². The molecule has 2 nitrogen and oxygen atoms in total. The summed E-state index contributed by atoms with van der Waals surface area (Å²) in [6, 6.07) is 87.7. The van der Waals surface area contributed by atoms with Gasteiger partial charge in [-0.1, -0.05) is 194 Å². The lowest BCUT2D eigenvalue weighted by Gasteiger charge is -2.33. The molecule has 302 valence electrons. The first-order valence-electron chi connectivity index (χ1n) is 21.9. The molecule has 0 aliphatic heterocycles. The van der Waals surface area contributed by atoms with Crippen LogP contribution in [0.5, 0.6) is 0 Å². The Kier molecular flexibility index (Phi) is 10.3. The largest absolute Gasteiger partial charge is 0.309 e. The smallest absolute Gasteiger partial charge is 0.0620 e. The Hall–Kier alpha value is -8.46. The molecule has 0 atom stereocenters. The lowest BCUT2D eigenvalue weighted by molar-refractivity contribution is 1.29. The second-order valence-corrected chi connectivity index (χ2v) is 16.2. The summed E-state index contributed by atoms with van der Waals surface area (Å²) < 4.78 is 0. The van der Waals surface area contributed by atoms with E-state index < -0.39 is 0 Å². The first kappa shape index (κ1) is 38.5. The zero-order chi connectivity index (χ0) is 42.7. The van der Waals surface area contributed by atoms with Crippen molar-refractivity contribution < 1.29 is 0 Å². The average Bonchev–Trinajstić information content (AvgIpc) is 3.37. The molecule has 11 aromatic carbocycles. The molecule has 0 radical (unpaired) electrons. The van der Waals surface area contributed by atoms with E-state index in [0.717, 1.165) is 66.8 Å². The zero-order valence-corrected chi connectivity index (χ0v) is 35.3. The third-order valence-corrected chi connectivity index (χ3v) is 12.1. The lowest BCUT2D eigenvalue weighted by atomic mass is 9.91. The topological polar surface area (TPSA) is 6.48 Å². The third kappa shape index (κ3) is 7.59. The predicted molar refractivity (Wildman–Crippen MR) is 277 cm³/mol. The minimum absolute atomic E-state index is 1.08. The number of hydrogen-bond acceptors (Lipinski definition) is 2. The van der Waals surface area contributed by atoms with Crippen molar-refractivity contribution in [1.29, 1.82) is 0 Å². The molecular formula is C62H44N2. The van der Waals surface area contributed by atoms with Crippen LogP contribution in [-0.4, -0.2) is 0 Å². The fraction of sp³-hybridized carbons (Fsp3) is 0. The quantitative estimate of drug-likeness (QED) is 0.0771. The number of hydrogen-bond donors (Lipinski definition) is 0. The van der Waals surface area contributed by atoms with E-state index >= 15 is 0 Å². The summed E-state index contributed by atoms with van der Waals surface area (Å²) in [7, 11) is 0. The van der Waals surface area contributed by atoms with Gasteiger partial charge in [-0.3, -0.25) is 0 Å². The van der Waals surface area contributed by atoms with Gasteiger partial charge < -0.3 is 9.80 Å². The summed E-state index contributed by atoms with van der Waals surface area (Å²) in [6.45, 7) is 0. The summed E-state index contributed by atoms with van der Waals surface area (Å²) in [5.74, 6) is 0. The molecule has 0 N–H and O–H groups in total. The molecule has 0 aliphatic rings. The molecule has 0 saturated heterocycles. The van der Waals surface area contributed by atoms with Gasteiger partial charge in [0.15, 0.2) is 0 Å². The van der Waals surface area contributed by atoms with Crippen molar-refractivity contribution in [2.24, 2.45) is 0 Å². The molecule has 0 amide bonds. The molecule has 0 spiro atoms. The fourth-order valence-electron chi connectivity index (χ4n) is 8.99. The van der Waals surface area contributed by atoms with E-state index in [4.69, 9.17) is 0 Å². The molecule has 0 saturated carbocycles. The van der Waals surface area contributed by atoms with Crippen molar-refractivity contribution >= 4 is 102 Å². The summed E-state index contributed by atoms with van der Waals surface area (Å²) in [6.07, 6.45) is 8.73. The molecule has 0 fully saturated rings. The van der Waals surface area contributed by atoms with Crippen LogP contribution in [0.1, 0.15) is 22.3 Å². The molecule has 0 heterocycles. The Morgan fingerprint density at radius 3 is 0.750 bits per heavy atom. The molecule has 11 rings (SSSR count). The summed E-state index contributed by atoms with van der Waals surface area (Å²) >= 11 is 0. The Morgan fingerprint density at radius 1 is 0.219 bits per heavy atom. The second kappa shape index (κ2) is 17.1. The second-order valence-electron chi connectivity index (χ2n) is 16.2. The van der Waals surface area contributed by atoms with Gasteiger partial charge in [0, 0.05) is 44.3 Å². The molecule has 64 heavy (non-hydrogen) atoms. The van der Waals surface area contributed by atoms with E-state index in [-0.39, 0.29) is 0 Å². The van der Waals surface area contributed by atoms with Crippen molar-refractivity contribution in [2.75, 3.05) is 9.80 Å². The maximum absolute atomic E-state index is 2.46. The first-order valence-corrected chi connectivity index (χ1v) is 21.9. The molecule has 0 unspecified atom stereocenters. The number of nitrogens with zero attached hydrogens (tertiary/aromatic N) is 2. The van der Waals surface area contributed by atoms with Crippen LogP contribution in [0.3, 0.4) is 0 Å². The van der Waals surface area contributed by atoms with Crippen LogP contribution >= 0.6 is 0 Å². The number of benzene rings is 11. The Bertz CT molecular complexity index is 3120. The molecule has 0 aliphatic carbocycles. The zero-order valence-electron chi connectivity index (χ0n) is 35.3. The SMILES string of the molecule is C(=Cc1ccc(N(c2ccccc2)c2c3cc4ccccc4cc3c(N(c3ccccc3)c3ccc(C=Cc4ccccc4)cc3)c3cc4ccccc4cc23)cc1)c1ccccc1. The van der Waals surface area contributed by atoms with Crippen LogP contribution < -0.4 is 9.80 Å². The highest BCUT2D eigenvalue weighted by atomic mass is 15.2. The lowest BCUT2D eigenvalue weighted by Crippen LogP contribution is -2.14. The summed E-state index contributed by atoms with van der Waals surface area (Å²) in [5.41, 5.74) is 11.3. The maximum Gasteiger partial charge on any atom is 0.0620 e. The van der Waals surface area contributed by atoms with Crippen molar-refractivity contribution in [3.8, 4) is 0 Å². The van der Waals surface area contributed by atoms with Gasteiger partial charge >= 0.3 is 0 Å². The van der Waals surface area contributed by atoms with Gasteiger partial charge in [-0.05, 0) is 117 Å². The molecular weight excluding hydrogens is 773 g/mol. The van der Waals surface area contributed by atoms with Gasteiger partial charge in [-0.15, -0.1) is 0 Å². The van der Waals surface area contributed by atoms with Crippen LogP contribution in [0.2, 0.25) is 0 Å². The number of para-hydroxylation sites is 2. The van der Waals surface area contributed by atoms with Crippen LogP contribution in [0.15, 0.2) is 243 Å². The van der Waals surface area contributed by atoms with Gasteiger partial charge in [-0.25, -0.2) is 0 Å². The van der Waals surface area contributed by atoms with E-state index in [1.165, 1.54) is 32.7 Å². The minimum Gasteiger partial charge on any atom is -0.309 e. The van der Waals surface area contributed by atoms with Crippen LogP contribution in [0.4, 0.5) is 34.1 Å². The average molecular weight is 817 g/mol. The van der Waals surface area contributed by atoms with E-state index in [2.05, 4.69) is 277 Å². The van der Waals surface area contributed by atoms with Crippen LogP contribution in [0, 0.1) is 0 Å². The number of rotatable bonds is 10. The Morgan fingerprint density at radius 2 is 0.453 bits per heavy atom. The Balaban J connectivity index is 1.19. The predicted octanol–water partition coefficient (Wildman–Crippen LogP) is 17.6. The van der Waals surface area contributed by atoms with Crippen molar-refractivity contribution in [1.82, 2.24) is 0 Å². The number of anilines is 6. The van der Waals surface area contributed by atoms with Crippen LogP contribution in [0.25, 0.3) is 67.4 Å². The van der Waals surface area contributed by atoms with E-state index in [1.807, 2.05) is 0 Å². The van der Waals surface area contributed by atoms with Gasteiger partial charge in [0.05, 0.1) is 11.4 Å². The summed E-state index contributed by atoms with van der Waals surface area (Å²) in [4.78, 5) is 4.92. The van der Waals surface area contributed by atoms with Gasteiger partial charge in [0.2, 0.25) is 0 Å². The van der Waals surface area contributed by atoms with Crippen LogP contribution in [-0.2, 0) is 0 Å². The highest BCUT2D eigenvalue weighted by Gasteiger charge is 2.26. The third-order valence-electron chi connectivity index (χ3n) is 12.1. The standard InChI is InChI=1S/C62H44N2/c1-5-17-45(18-6-1)29-31-47-33-37-55(38-34-47)63(53-25-9-3-10-26-53)61-57-41-49-21-13-15-23-51(49)43-59(57)62(60-44-52-24-16-14-22-50(52)42-58(60)61)64(54-27-11-4-12-28-54)56-39-35-48(36-40-56)32-30-46-19-7-2-8-20-46/h1-44H. The fourth-order valence-corrected chi connectivity index (χ4v) is 8.99. The molecule has 2 heteroatoms. The van der Waals surface area contributed by atoms with Gasteiger partial charge in [0.1, 0.15) is 0 Å². The van der Waals surface area contributed by atoms with Gasteiger partial charge in [-0.2, -0.15) is 0 Å². The highest BCUT2D eigenvalue weighted by molar-refractivity contribution is 6.27. The van der Waals surface area contributed by atoms with E-state index in [1.54, 1.807) is 0 Å². The molecule has 11 aromatic rings. The first-order chi connectivity index (χ1) is 31.7. The maximum atomic E-state index is 2.46. The van der Waals surface area contributed by atoms with Gasteiger partial charge in [0.25, 0.3) is 0 Å². The molecule has 0 bridgehead atoms.